The largest absolute Gasteiger partial charge is 0.373 e. The highest BCUT2D eigenvalue weighted by Crippen LogP contribution is 2.03. The Bertz CT molecular complexity index is 222. The zero-order valence-corrected chi connectivity index (χ0v) is 9.43. The van der Waals surface area contributed by atoms with Crippen LogP contribution in [-0.4, -0.2) is 33.5 Å². The molecule has 80 valence electrons. The summed E-state index contributed by atoms with van der Waals surface area (Å²) in [6.07, 6.45) is 1.88. The van der Waals surface area contributed by atoms with Crippen molar-refractivity contribution in [3.63, 3.8) is 0 Å². The van der Waals surface area contributed by atoms with E-state index in [1.807, 2.05) is 13.8 Å². The van der Waals surface area contributed by atoms with Crippen LogP contribution in [0.5, 0.6) is 0 Å². The minimum Gasteiger partial charge on any atom is -0.373 e. The molecule has 0 aromatic rings. The summed E-state index contributed by atoms with van der Waals surface area (Å²) in [5.41, 5.74) is 0. The van der Waals surface area contributed by atoms with Gasteiger partial charge in [-0.3, -0.25) is 4.18 Å². The number of hydrogen-bond donors (Lipinski definition) is 0. The fourth-order valence-corrected chi connectivity index (χ4v) is 1.19. The lowest BCUT2D eigenvalue weighted by molar-refractivity contribution is -0.0151. The van der Waals surface area contributed by atoms with Crippen LogP contribution in [0, 0.1) is 0 Å². The van der Waals surface area contributed by atoms with Gasteiger partial charge in [0.1, 0.15) is 0 Å². The van der Waals surface area contributed by atoms with Crippen LogP contribution >= 0.6 is 0 Å². The van der Waals surface area contributed by atoms with E-state index in [0.29, 0.717) is 0 Å². The summed E-state index contributed by atoms with van der Waals surface area (Å²) >= 11 is 0. The normalized spacial score (nSPS) is 16.9. The molecular weight excluding hydrogens is 192 g/mol. The highest BCUT2D eigenvalue weighted by atomic mass is 32.2. The predicted octanol–water partition coefficient (Wildman–Crippen LogP) is 1.17. The van der Waals surface area contributed by atoms with E-state index in [1.54, 1.807) is 6.92 Å². The summed E-state index contributed by atoms with van der Waals surface area (Å²) in [6.45, 7) is 5.83. The molecule has 0 bridgehead atoms. The van der Waals surface area contributed by atoms with E-state index < -0.39 is 10.1 Å². The summed E-state index contributed by atoms with van der Waals surface area (Å²) < 4.78 is 31.2. The third-order valence-corrected chi connectivity index (χ3v) is 2.12. The minimum atomic E-state index is -3.34. The number of hydrogen-bond acceptors (Lipinski definition) is 4. The van der Waals surface area contributed by atoms with Crippen molar-refractivity contribution in [1.29, 1.82) is 0 Å². The van der Waals surface area contributed by atoms with E-state index in [0.717, 1.165) is 12.7 Å². The zero-order valence-electron chi connectivity index (χ0n) is 8.61. The molecule has 0 heterocycles. The van der Waals surface area contributed by atoms with Gasteiger partial charge in [-0.1, -0.05) is 6.92 Å². The van der Waals surface area contributed by atoms with Gasteiger partial charge in [0.25, 0.3) is 10.1 Å². The van der Waals surface area contributed by atoms with Crippen molar-refractivity contribution in [2.45, 2.75) is 39.4 Å². The highest BCUT2D eigenvalue weighted by Gasteiger charge is 2.10. The van der Waals surface area contributed by atoms with Gasteiger partial charge in [-0.05, 0) is 20.3 Å². The summed E-state index contributed by atoms with van der Waals surface area (Å²) in [4.78, 5) is 0. The standard InChI is InChI=1S/C8H18O4S/c1-5-7(2)12-8(3)6-11-13(4,9)10/h7-8H,5-6H2,1-4H3. The first kappa shape index (κ1) is 12.9. The average molecular weight is 210 g/mol. The fraction of sp³-hybridized carbons (Fsp3) is 1.00. The van der Waals surface area contributed by atoms with Crippen molar-refractivity contribution in [2.75, 3.05) is 12.9 Å². The van der Waals surface area contributed by atoms with E-state index in [-0.39, 0.29) is 18.8 Å². The van der Waals surface area contributed by atoms with Crippen LogP contribution in [0.3, 0.4) is 0 Å². The van der Waals surface area contributed by atoms with E-state index in [2.05, 4.69) is 4.18 Å². The molecule has 4 nitrogen and oxygen atoms in total. The van der Waals surface area contributed by atoms with Gasteiger partial charge >= 0.3 is 0 Å². The lowest BCUT2D eigenvalue weighted by Gasteiger charge is -2.17. The Morgan fingerprint density at radius 3 is 2.15 bits per heavy atom. The molecule has 0 radical (unpaired) electrons. The molecule has 0 aliphatic heterocycles. The number of ether oxygens (including phenoxy) is 1. The van der Waals surface area contributed by atoms with Gasteiger partial charge in [-0.15, -0.1) is 0 Å². The van der Waals surface area contributed by atoms with Crippen molar-refractivity contribution in [3.05, 3.63) is 0 Å². The number of rotatable bonds is 6. The molecule has 0 aliphatic rings. The summed E-state index contributed by atoms with van der Waals surface area (Å²) in [5.74, 6) is 0. The second-order valence-corrected chi connectivity index (χ2v) is 4.80. The Hall–Kier alpha value is -0.130. The van der Waals surface area contributed by atoms with Crippen LogP contribution in [0.2, 0.25) is 0 Å². The molecule has 0 spiro atoms. The van der Waals surface area contributed by atoms with Gasteiger partial charge in [-0.25, -0.2) is 0 Å². The lowest BCUT2D eigenvalue weighted by Crippen LogP contribution is -2.22. The molecule has 0 aliphatic carbocycles. The topological polar surface area (TPSA) is 52.6 Å². The van der Waals surface area contributed by atoms with Crippen LogP contribution in [0.15, 0.2) is 0 Å². The van der Waals surface area contributed by atoms with Crippen LogP contribution in [0.1, 0.15) is 27.2 Å². The minimum absolute atomic E-state index is 0.0865. The first-order chi connectivity index (χ1) is 5.85. The van der Waals surface area contributed by atoms with E-state index >= 15 is 0 Å². The quantitative estimate of drug-likeness (QED) is 0.617. The van der Waals surface area contributed by atoms with Gasteiger partial charge < -0.3 is 4.74 Å². The van der Waals surface area contributed by atoms with E-state index in [4.69, 9.17) is 4.74 Å². The summed E-state index contributed by atoms with van der Waals surface area (Å²) in [6, 6.07) is 0. The summed E-state index contributed by atoms with van der Waals surface area (Å²) in [7, 11) is -3.34. The Kier molecular flexibility index (Phi) is 5.51. The maximum Gasteiger partial charge on any atom is 0.264 e. The van der Waals surface area contributed by atoms with Crippen molar-refractivity contribution in [3.8, 4) is 0 Å². The first-order valence-electron chi connectivity index (χ1n) is 4.35. The maximum atomic E-state index is 10.6. The Balaban J connectivity index is 3.69. The van der Waals surface area contributed by atoms with Gasteiger partial charge in [0.15, 0.2) is 0 Å². The molecule has 0 rings (SSSR count). The van der Waals surface area contributed by atoms with Crippen molar-refractivity contribution in [1.82, 2.24) is 0 Å². The molecule has 0 saturated heterocycles. The average Bonchev–Trinajstić information content (AvgIpc) is 1.99. The second kappa shape index (κ2) is 5.57. The lowest BCUT2D eigenvalue weighted by atomic mass is 10.3. The zero-order chi connectivity index (χ0) is 10.5. The molecule has 0 aromatic carbocycles. The molecule has 0 aromatic heterocycles. The van der Waals surface area contributed by atoms with Crippen molar-refractivity contribution < 1.29 is 17.3 Å². The predicted molar refractivity (Wildman–Crippen MR) is 51.1 cm³/mol. The molecule has 0 amide bonds. The van der Waals surface area contributed by atoms with Gasteiger partial charge in [0.05, 0.1) is 25.1 Å². The van der Waals surface area contributed by atoms with Crippen LogP contribution < -0.4 is 0 Å². The smallest absolute Gasteiger partial charge is 0.264 e. The fourth-order valence-electron chi connectivity index (χ4n) is 0.751. The third-order valence-electron chi connectivity index (χ3n) is 1.56. The van der Waals surface area contributed by atoms with E-state index in [1.165, 1.54) is 0 Å². The highest BCUT2D eigenvalue weighted by molar-refractivity contribution is 7.85. The van der Waals surface area contributed by atoms with Gasteiger partial charge in [-0.2, -0.15) is 8.42 Å². The Morgan fingerprint density at radius 2 is 1.77 bits per heavy atom. The molecule has 13 heavy (non-hydrogen) atoms. The van der Waals surface area contributed by atoms with E-state index in [9.17, 15) is 8.42 Å². The SMILES string of the molecule is CCC(C)OC(C)COS(C)(=O)=O. The summed E-state index contributed by atoms with van der Waals surface area (Å²) in [5, 5.41) is 0. The first-order valence-corrected chi connectivity index (χ1v) is 6.16. The molecule has 0 N–H and O–H groups in total. The van der Waals surface area contributed by atoms with Crippen molar-refractivity contribution in [2.24, 2.45) is 0 Å². The maximum absolute atomic E-state index is 10.6. The molecule has 0 fully saturated rings. The molecular formula is C8H18O4S. The third kappa shape index (κ3) is 8.21. The van der Waals surface area contributed by atoms with Crippen LogP contribution in [0.4, 0.5) is 0 Å². The molecule has 5 heteroatoms. The second-order valence-electron chi connectivity index (χ2n) is 3.15. The molecule has 2 atom stereocenters. The van der Waals surface area contributed by atoms with Gasteiger partial charge in [0, 0.05) is 0 Å². The van der Waals surface area contributed by atoms with Crippen molar-refractivity contribution >= 4 is 10.1 Å². The molecule has 0 saturated carbocycles. The Morgan fingerprint density at radius 1 is 1.23 bits per heavy atom. The monoisotopic (exact) mass is 210 g/mol. The van der Waals surface area contributed by atoms with Crippen LogP contribution in [-0.2, 0) is 19.0 Å². The van der Waals surface area contributed by atoms with Crippen LogP contribution in [0.25, 0.3) is 0 Å². The molecule has 2 unspecified atom stereocenters. The Labute approximate surface area is 80.4 Å². The van der Waals surface area contributed by atoms with Gasteiger partial charge in [0.2, 0.25) is 0 Å².